The Morgan fingerprint density at radius 3 is 3.00 bits per heavy atom. The lowest BCUT2D eigenvalue weighted by Gasteiger charge is -2.29. The maximum Gasteiger partial charge on any atom is 0.306 e. The van der Waals surface area contributed by atoms with Crippen molar-refractivity contribution in [1.29, 1.82) is 0 Å². The summed E-state index contributed by atoms with van der Waals surface area (Å²) in [5.74, 6) is -0.876. The van der Waals surface area contributed by atoms with Crippen LogP contribution in [0.25, 0.3) is 0 Å². The molecule has 98 valence electrons. The lowest BCUT2D eigenvalue weighted by atomic mass is 9.85. The van der Waals surface area contributed by atoms with Crippen LogP contribution in [-0.4, -0.2) is 27.1 Å². The quantitative estimate of drug-likeness (QED) is 0.850. The van der Waals surface area contributed by atoms with Crippen LogP contribution in [0.3, 0.4) is 0 Å². The van der Waals surface area contributed by atoms with Crippen molar-refractivity contribution in [2.24, 2.45) is 5.92 Å². The Morgan fingerprint density at radius 1 is 1.50 bits per heavy atom. The first-order chi connectivity index (χ1) is 8.66. The van der Waals surface area contributed by atoms with Gasteiger partial charge < -0.3 is 10.4 Å². The largest absolute Gasteiger partial charge is 0.481 e. The molecule has 5 heteroatoms. The minimum absolute atomic E-state index is 0.108. The number of aromatic nitrogens is 2. The van der Waals surface area contributed by atoms with Gasteiger partial charge in [-0.15, -0.1) is 0 Å². The molecule has 0 spiro atoms. The van der Waals surface area contributed by atoms with Crippen molar-refractivity contribution in [3.8, 4) is 0 Å². The molecule has 1 fully saturated rings. The van der Waals surface area contributed by atoms with Crippen molar-refractivity contribution >= 4 is 5.97 Å². The summed E-state index contributed by atoms with van der Waals surface area (Å²) < 4.78 is 0. The molecule has 0 aliphatic heterocycles. The molecular weight excluding hydrogens is 230 g/mol. The van der Waals surface area contributed by atoms with Gasteiger partial charge in [0.25, 0.3) is 0 Å². The molecule has 3 atom stereocenters. The maximum atomic E-state index is 11.0. The first kappa shape index (κ1) is 13.0. The van der Waals surface area contributed by atoms with E-state index in [1.165, 1.54) is 0 Å². The summed E-state index contributed by atoms with van der Waals surface area (Å²) in [6.45, 7) is 2.04. The lowest BCUT2D eigenvalue weighted by Crippen LogP contribution is -2.38. The van der Waals surface area contributed by atoms with Gasteiger partial charge in [-0.3, -0.25) is 14.8 Å². The molecule has 1 heterocycles. The molecule has 2 rings (SSSR count). The maximum absolute atomic E-state index is 11.0. The summed E-state index contributed by atoms with van der Waals surface area (Å²) in [5.41, 5.74) is 0.898. The molecule has 1 saturated carbocycles. The molecule has 1 aromatic rings. The van der Waals surface area contributed by atoms with E-state index in [0.717, 1.165) is 25.0 Å². The summed E-state index contributed by atoms with van der Waals surface area (Å²) >= 11 is 0. The van der Waals surface area contributed by atoms with E-state index in [1.54, 1.807) is 18.6 Å². The van der Waals surface area contributed by atoms with Crippen LogP contribution in [0.1, 0.15) is 44.3 Å². The first-order valence-electron chi connectivity index (χ1n) is 6.41. The average Bonchev–Trinajstić information content (AvgIpc) is 2.40. The van der Waals surface area contributed by atoms with E-state index in [9.17, 15) is 4.79 Å². The molecule has 0 bridgehead atoms. The van der Waals surface area contributed by atoms with Crippen LogP contribution in [0, 0.1) is 5.92 Å². The van der Waals surface area contributed by atoms with Crippen molar-refractivity contribution < 1.29 is 9.90 Å². The molecule has 0 radical (unpaired) electrons. The normalized spacial score (nSPS) is 25.6. The van der Waals surface area contributed by atoms with E-state index in [1.807, 2.05) is 6.92 Å². The molecule has 0 amide bonds. The van der Waals surface area contributed by atoms with Crippen LogP contribution in [0.5, 0.6) is 0 Å². The smallest absolute Gasteiger partial charge is 0.306 e. The fraction of sp³-hybridized carbons (Fsp3) is 0.615. The van der Waals surface area contributed by atoms with E-state index < -0.39 is 5.97 Å². The molecule has 3 unspecified atom stereocenters. The number of carbonyl (C=O) groups is 1. The zero-order valence-corrected chi connectivity index (χ0v) is 10.5. The van der Waals surface area contributed by atoms with Crippen molar-refractivity contribution in [3.05, 3.63) is 24.3 Å². The van der Waals surface area contributed by atoms with Crippen LogP contribution in [0.15, 0.2) is 18.6 Å². The van der Waals surface area contributed by atoms with Crippen molar-refractivity contribution in [3.63, 3.8) is 0 Å². The fourth-order valence-electron chi connectivity index (χ4n) is 2.54. The predicted molar refractivity (Wildman–Crippen MR) is 67.0 cm³/mol. The summed E-state index contributed by atoms with van der Waals surface area (Å²) in [7, 11) is 0. The Bertz CT molecular complexity index is 396. The lowest BCUT2D eigenvalue weighted by molar-refractivity contribution is -0.143. The number of carboxylic acid groups (broad SMARTS) is 1. The van der Waals surface area contributed by atoms with Gasteiger partial charge in [-0.05, 0) is 26.2 Å². The Labute approximate surface area is 107 Å². The summed E-state index contributed by atoms with van der Waals surface area (Å²) in [6, 6.07) is 0.369. The van der Waals surface area contributed by atoms with Crippen molar-refractivity contribution in [2.75, 3.05) is 0 Å². The summed E-state index contributed by atoms with van der Waals surface area (Å²) in [5, 5.41) is 12.5. The highest BCUT2D eigenvalue weighted by atomic mass is 16.4. The van der Waals surface area contributed by atoms with Gasteiger partial charge in [0, 0.05) is 30.7 Å². The second-order valence-corrected chi connectivity index (χ2v) is 4.92. The summed E-state index contributed by atoms with van der Waals surface area (Å²) in [6.07, 6.45) is 8.59. The molecule has 5 nitrogen and oxygen atoms in total. The minimum Gasteiger partial charge on any atom is -0.481 e. The van der Waals surface area contributed by atoms with Crippen LogP contribution < -0.4 is 5.32 Å². The number of aliphatic carboxylic acids is 1. The van der Waals surface area contributed by atoms with Gasteiger partial charge in [0.2, 0.25) is 0 Å². The second-order valence-electron chi connectivity index (χ2n) is 4.92. The zero-order valence-electron chi connectivity index (χ0n) is 10.5. The van der Waals surface area contributed by atoms with Crippen molar-refractivity contribution in [2.45, 2.75) is 44.7 Å². The Kier molecular flexibility index (Phi) is 4.25. The standard InChI is InChI=1S/C13H19N3O2/c1-9(12-8-14-5-6-15-12)16-11-4-2-3-10(7-11)13(17)18/h5-6,8-11,16H,2-4,7H2,1H3,(H,17,18). The highest BCUT2D eigenvalue weighted by Crippen LogP contribution is 2.26. The minimum atomic E-state index is -0.673. The molecular formula is C13H19N3O2. The van der Waals surface area contributed by atoms with Crippen LogP contribution >= 0.6 is 0 Å². The van der Waals surface area contributed by atoms with Gasteiger partial charge in [0.05, 0.1) is 11.6 Å². The third kappa shape index (κ3) is 3.26. The number of nitrogens with one attached hydrogen (secondary N) is 1. The predicted octanol–water partition coefficient (Wildman–Crippen LogP) is 1.77. The van der Waals surface area contributed by atoms with Gasteiger partial charge in [0.15, 0.2) is 0 Å². The number of hydrogen-bond donors (Lipinski definition) is 2. The summed E-state index contributed by atoms with van der Waals surface area (Å²) in [4.78, 5) is 19.3. The van der Waals surface area contributed by atoms with Gasteiger partial charge in [-0.25, -0.2) is 0 Å². The van der Waals surface area contributed by atoms with E-state index in [0.29, 0.717) is 6.42 Å². The SMILES string of the molecule is CC(NC1CCCC(C(=O)O)C1)c1cnccn1. The topological polar surface area (TPSA) is 75.1 Å². The number of nitrogens with zero attached hydrogens (tertiary/aromatic N) is 2. The molecule has 1 aromatic heterocycles. The molecule has 1 aliphatic rings. The highest BCUT2D eigenvalue weighted by molar-refractivity contribution is 5.70. The van der Waals surface area contributed by atoms with Crippen LogP contribution in [0.2, 0.25) is 0 Å². The monoisotopic (exact) mass is 249 g/mol. The number of rotatable bonds is 4. The van der Waals surface area contributed by atoms with Gasteiger partial charge in [-0.1, -0.05) is 6.42 Å². The molecule has 1 aliphatic carbocycles. The van der Waals surface area contributed by atoms with Crippen LogP contribution in [0.4, 0.5) is 0 Å². The van der Waals surface area contributed by atoms with Gasteiger partial charge in [0.1, 0.15) is 0 Å². The average molecular weight is 249 g/mol. The molecule has 18 heavy (non-hydrogen) atoms. The Hall–Kier alpha value is -1.49. The first-order valence-corrected chi connectivity index (χ1v) is 6.41. The molecule has 0 aromatic carbocycles. The Balaban J connectivity index is 1.91. The van der Waals surface area contributed by atoms with Crippen molar-refractivity contribution in [1.82, 2.24) is 15.3 Å². The molecule has 2 N–H and O–H groups in total. The second kappa shape index (κ2) is 5.91. The number of hydrogen-bond acceptors (Lipinski definition) is 4. The third-order valence-corrected chi connectivity index (χ3v) is 3.54. The fourth-order valence-corrected chi connectivity index (χ4v) is 2.54. The van der Waals surface area contributed by atoms with Gasteiger partial charge >= 0.3 is 5.97 Å². The van der Waals surface area contributed by atoms with E-state index >= 15 is 0 Å². The Morgan fingerprint density at radius 2 is 2.33 bits per heavy atom. The highest BCUT2D eigenvalue weighted by Gasteiger charge is 2.27. The zero-order chi connectivity index (χ0) is 13.0. The van der Waals surface area contributed by atoms with Crippen LogP contribution in [-0.2, 0) is 4.79 Å². The van der Waals surface area contributed by atoms with E-state index in [4.69, 9.17) is 5.11 Å². The van der Waals surface area contributed by atoms with E-state index in [-0.39, 0.29) is 18.0 Å². The molecule has 0 saturated heterocycles. The number of carboxylic acids is 1. The third-order valence-electron chi connectivity index (χ3n) is 3.54. The van der Waals surface area contributed by atoms with E-state index in [2.05, 4.69) is 15.3 Å². The van der Waals surface area contributed by atoms with Gasteiger partial charge in [-0.2, -0.15) is 0 Å².